The van der Waals surface area contributed by atoms with E-state index in [4.69, 9.17) is 74.7 Å². The molecule has 0 aliphatic rings. The molecule has 0 rings (SSSR count). The molecule has 8 heteroatoms. The van der Waals surface area contributed by atoms with Crippen LogP contribution in [-0.2, 0) is 4.79 Å². The Balaban J connectivity index is 4.07. The predicted octanol–water partition coefficient (Wildman–Crippen LogP) is 7.90. The molecular formula is C16H26Cl6O2. The minimum atomic E-state index is -2.50. The number of carboxylic acid groups (broad SMARTS) is 1. The van der Waals surface area contributed by atoms with Crippen LogP contribution in [0.2, 0.25) is 0 Å². The molecule has 0 saturated heterocycles. The van der Waals surface area contributed by atoms with Crippen molar-refractivity contribution >= 4 is 75.6 Å². The Morgan fingerprint density at radius 2 is 1.12 bits per heavy atom. The lowest BCUT2D eigenvalue weighted by atomic mass is 10.0. The smallest absolute Gasteiger partial charge is 0.343 e. The first-order chi connectivity index (χ1) is 11.0. The highest BCUT2D eigenvalue weighted by molar-refractivity contribution is 6.73. The summed E-state index contributed by atoms with van der Waals surface area (Å²) in [4.78, 5) is 11.1. The van der Waals surface area contributed by atoms with Gasteiger partial charge >= 0.3 is 5.97 Å². The van der Waals surface area contributed by atoms with Crippen molar-refractivity contribution in [3.05, 3.63) is 0 Å². The summed E-state index contributed by atoms with van der Waals surface area (Å²) in [6.45, 7) is 2.21. The van der Waals surface area contributed by atoms with Crippen LogP contribution < -0.4 is 0 Å². The van der Waals surface area contributed by atoms with Crippen molar-refractivity contribution < 1.29 is 9.90 Å². The Morgan fingerprint density at radius 1 is 0.750 bits per heavy atom. The van der Waals surface area contributed by atoms with Gasteiger partial charge in [0.15, 0.2) is 8.67 Å². The molecule has 0 radical (unpaired) electrons. The monoisotopic (exact) mass is 460 g/mol. The van der Waals surface area contributed by atoms with Crippen LogP contribution in [0.4, 0.5) is 0 Å². The number of hydrogen-bond acceptors (Lipinski definition) is 1. The van der Waals surface area contributed by atoms with Crippen LogP contribution in [-0.4, -0.2) is 24.1 Å². The van der Waals surface area contributed by atoms with Gasteiger partial charge < -0.3 is 5.11 Å². The third-order valence-corrected chi connectivity index (χ3v) is 7.79. The van der Waals surface area contributed by atoms with E-state index in [1.165, 1.54) is 38.5 Å². The molecule has 1 N–H and O–H groups in total. The molecule has 0 fully saturated rings. The topological polar surface area (TPSA) is 37.3 Å². The minimum Gasteiger partial charge on any atom is -0.479 e. The van der Waals surface area contributed by atoms with Gasteiger partial charge in [-0.05, 0) is 6.42 Å². The van der Waals surface area contributed by atoms with Crippen molar-refractivity contribution in [2.75, 3.05) is 0 Å². The number of aliphatic carboxylic acids is 1. The van der Waals surface area contributed by atoms with E-state index in [9.17, 15) is 4.79 Å². The van der Waals surface area contributed by atoms with Crippen LogP contribution >= 0.6 is 69.6 Å². The van der Waals surface area contributed by atoms with Crippen LogP contribution in [0.3, 0.4) is 0 Å². The van der Waals surface area contributed by atoms with Crippen molar-refractivity contribution in [1.82, 2.24) is 0 Å². The Hall–Kier alpha value is 1.21. The number of carbonyl (C=O) groups is 1. The van der Waals surface area contributed by atoms with Crippen LogP contribution in [0.1, 0.15) is 77.6 Å². The van der Waals surface area contributed by atoms with Gasteiger partial charge in [0.05, 0.1) is 0 Å². The minimum absolute atomic E-state index is 0.202. The zero-order valence-electron chi connectivity index (χ0n) is 13.9. The van der Waals surface area contributed by atoms with Gasteiger partial charge in [0.25, 0.3) is 0 Å². The second-order valence-electron chi connectivity index (χ2n) is 6.09. The van der Waals surface area contributed by atoms with Crippen molar-refractivity contribution in [3.8, 4) is 0 Å². The number of rotatable bonds is 14. The van der Waals surface area contributed by atoms with Gasteiger partial charge in [-0.2, -0.15) is 0 Å². The molecule has 0 aliphatic heterocycles. The van der Waals surface area contributed by atoms with Crippen molar-refractivity contribution in [2.24, 2.45) is 0 Å². The molecule has 0 aromatic heterocycles. The summed E-state index contributed by atoms with van der Waals surface area (Å²) in [5.74, 6) is -1.59. The van der Waals surface area contributed by atoms with Gasteiger partial charge in [0.1, 0.15) is 0 Å². The molecule has 0 aromatic rings. The summed E-state index contributed by atoms with van der Waals surface area (Å²) in [7, 11) is 0. The lowest BCUT2D eigenvalue weighted by Crippen LogP contribution is -2.53. The highest BCUT2D eigenvalue weighted by atomic mass is 35.5. The van der Waals surface area contributed by atoms with E-state index in [0.29, 0.717) is 6.42 Å². The van der Waals surface area contributed by atoms with E-state index >= 15 is 0 Å². The average molecular weight is 463 g/mol. The van der Waals surface area contributed by atoms with Crippen LogP contribution in [0.5, 0.6) is 0 Å². The van der Waals surface area contributed by atoms with Crippen molar-refractivity contribution in [1.29, 1.82) is 0 Å². The normalized spacial score (nSPS) is 13.3. The molecule has 144 valence electrons. The first kappa shape index (κ1) is 25.2. The number of alkyl halides is 6. The first-order valence-electron chi connectivity index (χ1n) is 8.37. The second kappa shape index (κ2) is 11.8. The molecule has 24 heavy (non-hydrogen) atoms. The van der Waals surface area contributed by atoms with E-state index < -0.39 is 19.0 Å². The summed E-state index contributed by atoms with van der Waals surface area (Å²) in [6.07, 6.45) is 11.6. The van der Waals surface area contributed by atoms with E-state index in [1.807, 2.05) is 0 Å². The molecule has 0 saturated carbocycles. The summed E-state index contributed by atoms with van der Waals surface area (Å²) in [6, 6.07) is 0. The molecule has 0 atom stereocenters. The lowest BCUT2D eigenvalue weighted by Gasteiger charge is -2.38. The van der Waals surface area contributed by atoms with Gasteiger partial charge in [-0.15, -0.1) is 0 Å². The molecule has 0 aromatic carbocycles. The third-order valence-electron chi connectivity index (χ3n) is 3.97. The largest absolute Gasteiger partial charge is 0.479 e. The fourth-order valence-corrected chi connectivity index (χ4v) is 3.77. The molecule has 0 bridgehead atoms. The number of hydrogen-bond donors (Lipinski definition) is 1. The molecular weight excluding hydrogens is 437 g/mol. The summed E-state index contributed by atoms with van der Waals surface area (Å²) < 4.78 is -6.51. The Morgan fingerprint density at radius 3 is 1.50 bits per heavy atom. The van der Waals surface area contributed by atoms with Gasteiger partial charge in [-0.25, -0.2) is 4.79 Å². The fourth-order valence-electron chi connectivity index (χ4n) is 2.36. The molecule has 0 spiro atoms. The van der Waals surface area contributed by atoms with Gasteiger partial charge in [-0.1, -0.05) is 141 Å². The summed E-state index contributed by atoms with van der Waals surface area (Å²) in [5.41, 5.74) is 0. The van der Waals surface area contributed by atoms with E-state index in [-0.39, 0.29) is 6.42 Å². The molecule has 2 nitrogen and oxygen atoms in total. The third kappa shape index (κ3) is 7.84. The molecule has 0 unspecified atom stereocenters. The van der Waals surface area contributed by atoms with Gasteiger partial charge in [0, 0.05) is 0 Å². The Labute approximate surface area is 175 Å². The highest BCUT2D eigenvalue weighted by Crippen LogP contribution is 2.56. The average Bonchev–Trinajstić information content (AvgIpc) is 2.48. The summed E-state index contributed by atoms with van der Waals surface area (Å²) in [5, 5.41) is 9.04. The molecule has 0 amide bonds. The second-order valence-corrected chi connectivity index (χ2v) is 10.2. The first-order valence-corrected chi connectivity index (χ1v) is 10.6. The summed E-state index contributed by atoms with van der Waals surface area (Å²) >= 11 is 35.7. The fraction of sp³-hybridized carbons (Fsp3) is 0.938. The SMILES string of the molecule is CCCCCCCCCCCCC(Cl)(Cl)C(Cl)(Cl)C(Cl)(Cl)C(=O)O. The van der Waals surface area contributed by atoms with E-state index in [2.05, 4.69) is 6.92 Å². The van der Waals surface area contributed by atoms with Crippen LogP contribution in [0.15, 0.2) is 0 Å². The predicted molar refractivity (Wildman–Crippen MR) is 107 cm³/mol. The van der Waals surface area contributed by atoms with Gasteiger partial charge in [0.2, 0.25) is 4.33 Å². The maximum Gasteiger partial charge on any atom is 0.343 e. The number of halogens is 6. The van der Waals surface area contributed by atoms with E-state index in [1.54, 1.807) is 0 Å². The van der Waals surface area contributed by atoms with Crippen molar-refractivity contribution in [2.45, 2.75) is 90.6 Å². The van der Waals surface area contributed by atoms with Crippen LogP contribution in [0.25, 0.3) is 0 Å². The maximum atomic E-state index is 11.1. The quantitative estimate of drug-likeness (QED) is 0.210. The number of unbranched alkanes of at least 4 members (excludes halogenated alkanes) is 9. The zero-order chi connectivity index (χ0) is 18.9. The standard InChI is InChI=1S/C16H26Cl6O2/c1-2-3-4-5-6-7-8-9-10-11-12-14(17,18)16(21,22)15(19,20)13(23)24/h2-12H2,1H3,(H,23,24). The highest BCUT2D eigenvalue weighted by Gasteiger charge is 2.64. The van der Waals surface area contributed by atoms with Crippen molar-refractivity contribution in [3.63, 3.8) is 0 Å². The lowest BCUT2D eigenvalue weighted by molar-refractivity contribution is -0.138. The Bertz CT molecular complexity index is 372. The number of carboxylic acids is 1. The van der Waals surface area contributed by atoms with Gasteiger partial charge in [-0.3, -0.25) is 0 Å². The Kier molecular flexibility index (Phi) is 12.4. The van der Waals surface area contributed by atoms with Crippen LogP contribution in [0, 0.1) is 0 Å². The molecule has 0 aliphatic carbocycles. The van der Waals surface area contributed by atoms with E-state index in [0.717, 1.165) is 19.3 Å². The maximum absolute atomic E-state index is 11.1. The molecule has 0 heterocycles. The zero-order valence-corrected chi connectivity index (χ0v) is 18.4.